The first-order chi connectivity index (χ1) is 17.9. The Morgan fingerprint density at radius 2 is 1.73 bits per heavy atom. The fourth-order valence-electron chi connectivity index (χ4n) is 4.60. The van der Waals surface area contributed by atoms with E-state index in [-0.39, 0.29) is 24.3 Å². The second-order valence-corrected chi connectivity index (χ2v) is 9.90. The highest BCUT2D eigenvalue weighted by atomic mass is 16.5. The average molecular weight is 511 g/mol. The number of piperazine rings is 1. The van der Waals surface area contributed by atoms with Gasteiger partial charge in [0.1, 0.15) is 11.5 Å². The summed E-state index contributed by atoms with van der Waals surface area (Å²) in [5, 5.41) is 8.87. The maximum atomic E-state index is 13.1. The maximum absolute atomic E-state index is 13.1. The number of carbonyl (C=O) groups is 2. The zero-order valence-electron chi connectivity index (χ0n) is 22.4. The summed E-state index contributed by atoms with van der Waals surface area (Å²) in [6.07, 6.45) is 2.98. The molecule has 0 unspecified atom stereocenters. The molecule has 10 nitrogen and oxygen atoms in total. The fourth-order valence-corrected chi connectivity index (χ4v) is 4.60. The van der Waals surface area contributed by atoms with E-state index in [2.05, 4.69) is 15.1 Å². The molecule has 1 saturated carbocycles. The molecule has 1 aliphatic carbocycles. The number of methoxy groups -OCH3 is 2. The van der Waals surface area contributed by atoms with Crippen LogP contribution in [0.15, 0.2) is 30.3 Å². The summed E-state index contributed by atoms with van der Waals surface area (Å²) >= 11 is 0. The minimum atomic E-state index is 0.0131. The Kier molecular flexibility index (Phi) is 8.81. The first-order valence-corrected chi connectivity index (χ1v) is 12.9. The van der Waals surface area contributed by atoms with Crippen LogP contribution in [0.2, 0.25) is 0 Å². The van der Waals surface area contributed by atoms with Crippen LogP contribution in [0.4, 0.5) is 5.82 Å². The van der Waals surface area contributed by atoms with Crippen LogP contribution >= 0.6 is 0 Å². The number of benzene rings is 1. The number of likely N-dealkylation sites (N-methyl/N-ethyl adjacent to an activating group) is 1. The van der Waals surface area contributed by atoms with Crippen LogP contribution in [0.5, 0.6) is 11.5 Å². The van der Waals surface area contributed by atoms with E-state index in [1.807, 2.05) is 54.2 Å². The van der Waals surface area contributed by atoms with Gasteiger partial charge in [0.05, 0.1) is 26.5 Å². The van der Waals surface area contributed by atoms with Gasteiger partial charge in [0.25, 0.3) is 0 Å². The summed E-state index contributed by atoms with van der Waals surface area (Å²) in [6, 6.07) is 9.47. The molecule has 1 saturated heterocycles. The molecule has 4 rings (SSSR count). The van der Waals surface area contributed by atoms with Gasteiger partial charge in [0.15, 0.2) is 5.82 Å². The molecular weight excluding hydrogens is 472 g/mol. The monoisotopic (exact) mass is 510 g/mol. The third-order valence-electron chi connectivity index (χ3n) is 7.20. The molecule has 1 aliphatic heterocycles. The van der Waals surface area contributed by atoms with Crippen molar-refractivity contribution in [2.45, 2.75) is 19.3 Å². The normalized spacial score (nSPS) is 15.9. The van der Waals surface area contributed by atoms with Crippen molar-refractivity contribution in [1.82, 2.24) is 24.9 Å². The van der Waals surface area contributed by atoms with Gasteiger partial charge in [-0.05, 0) is 51.2 Å². The summed E-state index contributed by atoms with van der Waals surface area (Å²) in [7, 11) is 7.20. The van der Waals surface area contributed by atoms with Crippen LogP contribution < -0.4 is 14.4 Å². The maximum Gasteiger partial charge on any atom is 0.242 e. The molecule has 200 valence electrons. The third kappa shape index (κ3) is 6.49. The highest BCUT2D eigenvalue weighted by molar-refractivity contribution is 5.86. The number of hydrogen-bond acceptors (Lipinski definition) is 8. The predicted octanol–water partition coefficient (Wildman–Crippen LogP) is 2.00. The molecule has 0 atom stereocenters. The van der Waals surface area contributed by atoms with Crippen LogP contribution in [0.1, 0.15) is 19.3 Å². The third-order valence-corrected chi connectivity index (χ3v) is 7.20. The smallest absolute Gasteiger partial charge is 0.242 e. The van der Waals surface area contributed by atoms with Gasteiger partial charge >= 0.3 is 0 Å². The molecule has 10 heteroatoms. The van der Waals surface area contributed by atoms with Crippen LogP contribution in [-0.2, 0) is 9.59 Å². The van der Waals surface area contributed by atoms with Crippen LogP contribution in [0.25, 0.3) is 11.3 Å². The van der Waals surface area contributed by atoms with Crippen LogP contribution in [0, 0.1) is 5.92 Å². The molecule has 0 N–H and O–H groups in total. The van der Waals surface area contributed by atoms with E-state index in [0.717, 1.165) is 37.2 Å². The number of ether oxygens (including phenoxy) is 2. The Morgan fingerprint density at radius 1 is 0.973 bits per heavy atom. The van der Waals surface area contributed by atoms with E-state index >= 15 is 0 Å². The molecule has 1 aromatic heterocycles. The van der Waals surface area contributed by atoms with Crippen molar-refractivity contribution in [3.05, 3.63) is 30.3 Å². The molecule has 0 radical (unpaired) electrons. The second-order valence-electron chi connectivity index (χ2n) is 9.90. The van der Waals surface area contributed by atoms with E-state index in [9.17, 15) is 9.59 Å². The van der Waals surface area contributed by atoms with Crippen LogP contribution in [-0.4, -0.2) is 111 Å². The minimum Gasteiger partial charge on any atom is -0.497 e. The highest BCUT2D eigenvalue weighted by Gasteiger charge is 2.32. The largest absolute Gasteiger partial charge is 0.497 e. The van der Waals surface area contributed by atoms with E-state index in [1.165, 1.54) is 0 Å². The lowest BCUT2D eigenvalue weighted by Crippen LogP contribution is -2.53. The summed E-state index contributed by atoms with van der Waals surface area (Å²) in [5.74, 6) is 2.39. The minimum absolute atomic E-state index is 0.0131. The Hall–Kier alpha value is -3.40. The summed E-state index contributed by atoms with van der Waals surface area (Å²) in [4.78, 5) is 33.8. The van der Waals surface area contributed by atoms with E-state index < -0.39 is 0 Å². The summed E-state index contributed by atoms with van der Waals surface area (Å²) < 4.78 is 10.8. The molecule has 2 aliphatic rings. The van der Waals surface area contributed by atoms with E-state index in [4.69, 9.17) is 9.47 Å². The quantitative estimate of drug-likeness (QED) is 0.479. The number of rotatable bonds is 10. The summed E-state index contributed by atoms with van der Waals surface area (Å²) in [6.45, 7) is 3.99. The van der Waals surface area contributed by atoms with Crippen LogP contribution in [0.3, 0.4) is 0 Å². The molecule has 2 amide bonds. The average Bonchev–Trinajstić information content (AvgIpc) is 2.89. The standard InChI is InChI=1S/C27H38N6O4/c1-30(2)12-13-33(27(35)20-6-5-7-20)19-26(34)32-16-14-31(15-17-32)25-11-10-23(28-29-25)22-9-8-21(36-3)18-24(22)37-4/h8-11,18,20H,5-7,12-17,19H2,1-4H3. The number of hydrogen-bond donors (Lipinski definition) is 0. The lowest BCUT2D eigenvalue weighted by molar-refractivity contribution is -0.145. The van der Waals surface area contributed by atoms with Gasteiger partial charge in [-0.25, -0.2) is 0 Å². The van der Waals surface area contributed by atoms with Crippen molar-refractivity contribution >= 4 is 17.6 Å². The SMILES string of the molecule is COc1ccc(-c2ccc(N3CCN(C(=O)CN(CCN(C)C)C(=O)C4CCC4)CC3)nn2)c(OC)c1. The zero-order valence-corrected chi connectivity index (χ0v) is 22.4. The lowest BCUT2D eigenvalue weighted by atomic mass is 9.84. The Labute approximate surface area is 219 Å². The highest BCUT2D eigenvalue weighted by Crippen LogP contribution is 2.32. The van der Waals surface area contributed by atoms with E-state index in [1.54, 1.807) is 19.1 Å². The Balaban J connectivity index is 1.33. The molecule has 1 aromatic carbocycles. The second kappa shape index (κ2) is 12.2. The number of carbonyl (C=O) groups excluding carboxylic acids is 2. The number of anilines is 1. The number of amides is 2. The van der Waals surface area contributed by atoms with E-state index in [0.29, 0.717) is 49.9 Å². The molecule has 2 heterocycles. The topological polar surface area (TPSA) is 91.3 Å². The Morgan fingerprint density at radius 3 is 2.30 bits per heavy atom. The van der Waals surface area contributed by atoms with Gasteiger partial charge in [-0.1, -0.05) is 6.42 Å². The first kappa shape index (κ1) is 26.7. The van der Waals surface area contributed by atoms with Crippen molar-refractivity contribution in [3.8, 4) is 22.8 Å². The predicted molar refractivity (Wildman–Crippen MR) is 142 cm³/mol. The fraction of sp³-hybridized carbons (Fsp3) is 0.556. The van der Waals surface area contributed by atoms with Gasteiger partial charge in [-0.3, -0.25) is 9.59 Å². The zero-order chi connectivity index (χ0) is 26.4. The van der Waals surface area contributed by atoms with Gasteiger partial charge in [-0.15, -0.1) is 10.2 Å². The van der Waals surface area contributed by atoms with Crippen molar-refractivity contribution in [1.29, 1.82) is 0 Å². The van der Waals surface area contributed by atoms with Gasteiger partial charge in [-0.2, -0.15) is 0 Å². The number of nitrogens with zero attached hydrogens (tertiary/aromatic N) is 6. The van der Waals surface area contributed by atoms with Crippen molar-refractivity contribution in [2.24, 2.45) is 5.92 Å². The van der Waals surface area contributed by atoms with Gasteiger partial charge in [0.2, 0.25) is 11.8 Å². The molecule has 2 fully saturated rings. The van der Waals surface area contributed by atoms with Crippen molar-refractivity contribution in [2.75, 3.05) is 79.0 Å². The van der Waals surface area contributed by atoms with Gasteiger partial charge < -0.3 is 29.1 Å². The lowest BCUT2D eigenvalue weighted by Gasteiger charge is -2.37. The number of aromatic nitrogens is 2. The van der Waals surface area contributed by atoms with Crippen molar-refractivity contribution in [3.63, 3.8) is 0 Å². The summed E-state index contributed by atoms with van der Waals surface area (Å²) in [5.41, 5.74) is 1.55. The Bertz CT molecular complexity index is 1070. The first-order valence-electron chi connectivity index (χ1n) is 12.9. The molecule has 0 spiro atoms. The molecule has 2 aromatic rings. The van der Waals surface area contributed by atoms with Crippen molar-refractivity contribution < 1.29 is 19.1 Å². The molecule has 37 heavy (non-hydrogen) atoms. The van der Waals surface area contributed by atoms with Gasteiger partial charge in [0, 0.05) is 56.8 Å². The molecule has 0 bridgehead atoms. The molecular formula is C27H38N6O4.